The van der Waals surface area contributed by atoms with Gasteiger partial charge in [0.2, 0.25) is 0 Å². The third kappa shape index (κ3) is 3.44. The SMILES string of the molecule is CC1=NN(c2ccc(I)cc2)C(=O)/C1=C\c1ccc(Cl)cc1Cl. The Morgan fingerprint density at radius 2 is 1.83 bits per heavy atom. The molecule has 1 aliphatic heterocycles. The van der Waals surface area contributed by atoms with Crippen molar-refractivity contribution in [3.05, 3.63) is 67.2 Å². The number of anilines is 1. The van der Waals surface area contributed by atoms with E-state index in [0.29, 0.717) is 21.3 Å². The van der Waals surface area contributed by atoms with E-state index in [9.17, 15) is 4.79 Å². The quantitative estimate of drug-likeness (QED) is 0.439. The van der Waals surface area contributed by atoms with Gasteiger partial charge < -0.3 is 0 Å². The predicted molar refractivity (Wildman–Crippen MR) is 104 cm³/mol. The van der Waals surface area contributed by atoms with Gasteiger partial charge in [-0.15, -0.1) is 0 Å². The average molecular weight is 457 g/mol. The van der Waals surface area contributed by atoms with Crippen LogP contribution in [0.3, 0.4) is 0 Å². The van der Waals surface area contributed by atoms with Gasteiger partial charge in [0.15, 0.2) is 0 Å². The van der Waals surface area contributed by atoms with E-state index in [1.165, 1.54) is 5.01 Å². The normalized spacial score (nSPS) is 16.2. The Balaban J connectivity index is 1.96. The first-order valence-corrected chi connectivity index (χ1v) is 8.61. The van der Waals surface area contributed by atoms with Crippen LogP contribution in [0.5, 0.6) is 0 Å². The topological polar surface area (TPSA) is 32.7 Å². The van der Waals surface area contributed by atoms with E-state index in [4.69, 9.17) is 23.2 Å². The predicted octanol–water partition coefficient (Wildman–Crippen LogP) is 5.40. The van der Waals surface area contributed by atoms with Crippen molar-refractivity contribution in [3.63, 3.8) is 0 Å². The number of halogens is 3. The maximum Gasteiger partial charge on any atom is 0.280 e. The number of rotatable bonds is 2. The lowest BCUT2D eigenvalue weighted by Crippen LogP contribution is -2.21. The first-order chi connectivity index (χ1) is 11.0. The molecule has 3 rings (SSSR count). The molecule has 1 amide bonds. The van der Waals surface area contributed by atoms with Crippen LogP contribution >= 0.6 is 45.8 Å². The second-order valence-corrected chi connectivity index (χ2v) is 7.09. The number of carbonyl (C=O) groups excluding carboxylic acids is 1. The van der Waals surface area contributed by atoms with E-state index >= 15 is 0 Å². The van der Waals surface area contributed by atoms with Gasteiger partial charge in [0.1, 0.15) is 0 Å². The molecule has 1 aliphatic rings. The highest BCUT2D eigenvalue weighted by molar-refractivity contribution is 14.1. The highest BCUT2D eigenvalue weighted by atomic mass is 127. The fourth-order valence-corrected chi connectivity index (χ4v) is 3.04. The van der Waals surface area contributed by atoms with Gasteiger partial charge in [-0.1, -0.05) is 29.3 Å². The molecule has 0 saturated carbocycles. The lowest BCUT2D eigenvalue weighted by Gasteiger charge is -2.11. The van der Waals surface area contributed by atoms with Crippen molar-refractivity contribution in [1.82, 2.24) is 0 Å². The zero-order valence-electron chi connectivity index (χ0n) is 12.1. The second-order valence-electron chi connectivity index (χ2n) is 5.00. The molecule has 3 nitrogen and oxygen atoms in total. The van der Waals surface area contributed by atoms with Crippen LogP contribution < -0.4 is 5.01 Å². The Labute approximate surface area is 157 Å². The van der Waals surface area contributed by atoms with Gasteiger partial charge in [-0.2, -0.15) is 10.1 Å². The number of carbonyl (C=O) groups is 1. The van der Waals surface area contributed by atoms with Gasteiger partial charge in [-0.25, -0.2) is 0 Å². The van der Waals surface area contributed by atoms with Crippen molar-refractivity contribution in [3.8, 4) is 0 Å². The first-order valence-electron chi connectivity index (χ1n) is 6.78. The Morgan fingerprint density at radius 1 is 1.13 bits per heavy atom. The molecule has 0 aliphatic carbocycles. The fourth-order valence-electron chi connectivity index (χ4n) is 2.22. The van der Waals surface area contributed by atoms with Gasteiger partial charge >= 0.3 is 0 Å². The van der Waals surface area contributed by atoms with E-state index in [-0.39, 0.29) is 5.91 Å². The Kier molecular flexibility index (Phi) is 4.75. The lowest BCUT2D eigenvalue weighted by atomic mass is 10.1. The first kappa shape index (κ1) is 16.5. The van der Waals surface area contributed by atoms with Crippen molar-refractivity contribution in [2.75, 3.05) is 5.01 Å². The van der Waals surface area contributed by atoms with E-state index in [1.54, 1.807) is 31.2 Å². The van der Waals surface area contributed by atoms with Crippen LogP contribution in [-0.4, -0.2) is 11.6 Å². The van der Waals surface area contributed by atoms with E-state index in [1.807, 2.05) is 24.3 Å². The number of hydrogen-bond donors (Lipinski definition) is 0. The summed E-state index contributed by atoms with van der Waals surface area (Å²) in [6, 6.07) is 12.8. The summed E-state index contributed by atoms with van der Waals surface area (Å²) in [5.41, 5.74) is 2.64. The summed E-state index contributed by atoms with van der Waals surface area (Å²) in [6.45, 7) is 1.81. The van der Waals surface area contributed by atoms with Crippen molar-refractivity contribution < 1.29 is 4.79 Å². The van der Waals surface area contributed by atoms with Crippen LogP contribution in [0.25, 0.3) is 6.08 Å². The summed E-state index contributed by atoms with van der Waals surface area (Å²) < 4.78 is 1.10. The van der Waals surface area contributed by atoms with Crippen LogP contribution in [0.2, 0.25) is 10.0 Å². The number of amides is 1. The van der Waals surface area contributed by atoms with Crippen molar-refractivity contribution >= 4 is 69.2 Å². The number of nitrogens with zero attached hydrogens (tertiary/aromatic N) is 2. The second kappa shape index (κ2) is 6.63. The molecule has 0 aromatic heterocycles. The smallest absolute Gasteiger partial charge is 0.267 e. The van der Waals surface area contributed by atoms with Gasteiger partial charge in [-0.3, -0.25) is 4.79 Å². The molecular weight excluding hydrogens is 446 g/mol. The van der Waals surface area contributed by atoms with Gasteiger partial charge in [-0.05, 0) is 77.6 Å². The molecule has 6 heteroatoms. The van der Waals surface area contributed by atoms with Gasteiger partial charge in [0.25, 0.3) is 5.91 Å². The van der Waals surface area contributed by atoms with E-state index in [2.05, 4.69) is 27.7 Å². The summed E-state index contributed by atoms with van der Waals surface area (Å²) in [6.07, 6.45) is 1.74. The standard InChI is InChI=1S/C17H11Cl2IN2O/c1-10-15(8-11-2-3-12(18)9-16(11)19)17(23)22(21-10)14-6-4-13(20)5-7-14/h2-9H,1H3/b15-8-. The lowest BCUT2D eigenvalue weighted by molar-refractivity contribution is -0.114. The maximum atomic E-state index is 12.7. The maximum absolute atomic E-state index is 12.7. The third-order valence-electron chi connectivity index (χ3n) is 3.40. The third-order valence-corrected chi connectivity index (χ3v) is 4.68. The molecule has 116 valence electrons. The molecule has 23 heavy (non-hydrogen) atoms. The summed E-state index contributed by atoms with van der Waals surface area (Å²) in [7, 11) is 0. The highest BCUT2D eigenvalue weighted by Crippen LogP contribution is 2.28. The molecule has 0 fully saturated rings. The Morgan fingerprint density at radius 3 is 2.48 bits per heavy atom. The highest BCUT2D eigenvalue weighted by Gasteiger charge is 2.28. The summed E-state index contributed by atoms with van der Waals surface area (Å²) in [4.78, 5) is 12.7. The number of hydrazone groups is 1. The fraction of sp³-hybridized carbons (Fsp3) is 0.0588. The molecule has 1 heterocycles. The molecule has 0 radical (unpaired) electrons. The van der Waals surface area contributed by atoms with Gasteiger partial charge in [0.05, 0.1) is 17.0 Å². The van der Waals surface area contributed by atoms with Crippen LogP contribution in [0.15, 0.2) is 53.1 Å². The number of hydrogen-bond acceptors (Lipinski definition) is 2. The molecule has 0 saturated heterocycles. The Bertz CT molecular complexity index is 844. The van der Waals surface area contributed by atoms with Crippen molar-refractivity contribution in [1.29, 1.82) is 0 Å². The van der Waals surface area contributed by atoms with Crippen LogP contribution in [0, 0.1) is 3.57 Å². The zero-order valence-corrected chi connectivity index (χ0v) is 15.7. The van der Waals surface area contributed by atoms with E-state index in [0.717, 1.165) is 14.8 Å². The average Bonchev–Trinajstić information content (AvgIpc) is 2.78. The minimum absolute atomic E-state index is 0.172. The number of benzene rings is 2. The minimum atomic E-state index is -0.172. The van der Waals surface area contributed by atoms with Gasteiger partial charge in [0, 0.05) is 13.6 Å². The van der Waals surface area contributed by atoms with E-state index < -0.39 is 0 Å². The monoisotopic (exact) mass is 456 g/mol. The molecule has 0 N–H and O–H groups in total. The van der Waals surface area contributed by atoms with Crippen LogP contribution in [0.4, 0.5) is 5.69 Å². The molecule has 2 aromatic carbocycles. The molecular formula is C17H11Cl2IN2O. The Hall–Kier alpha value is -1.37. The molecule has 0 unspecified atom stereocenters. The minimum Gasteiger partial charge on any atom is -0.267 e. The summed E-state index contributed by atoms with van der Waals surface area (Å²) >= 11 is 14.3. The van der Waals surface area contributed by atoms with Crippen molar-refractivity contribution in [2.45, 2.75) is 6.92 Å². The molecule has 2 aromatic rings. The zero-order chi connectivity index (χ0) is 16.6. The molecule has 0 bridgehead atoms. The largest absolute Gasteiger partial charge is 0.280 e. The van der Waals surface area contributed by atoms with Crippen molar-refractivity contribution in [2.24, 2.45) is 5.10 Å². The van der Waals surface area contributed by atoms with Crippen LogP contribution in [0.1, 0.15) is 12.5 Å². The molecule has 0 spiro atoms. The van der Waals surface area contributed by atoms with Crippen LogP contribution in [-0.2, 0) is 4.79 Å². The summed E-state index contributed by atoms with van der Waals surface area (Å²) in [5.74, 6) is -0.172. The summed E-state index contributed by atoms with van der Waals surface area (Å²) in [5, 5.41) is 6.81. The molecule has 0 atom stereocenters.